The maximum Gasteiger partial charge on any atom is 0.194 e. The summed E-state index contributed by atoms with van der Waals surface area (Å²) in [6, 6.07) is 7.62. The van der Waals surface area contributed by atoms with Gasteiger partial charge in [0, 0.05) is 6.42 Å². The van der Waals surface area contributed by atoms with Crippen molar-refractivity contribution < 1.29 is 17.9 Å². The smallest absolute Gasteiger partial charge is 0.194 e. The van der Waals surface area contributed by atoms with Crippen LogP contribution in [-0.4, -0.2) is 6.10 Å². The average Bonchev–Trinajstić information content (AvgIpc) is 2.82. The molecular formula is C16H12BrF3O. The maximum atomic E-state index is 13.3. The highest BCUT2D eigenvalue weighted by atomic mass is 79.9. The molecule has 2 unspecified atom stereocenters. The molecule has 1 heterocycles. The van der Waals surface area contributed by atoms with E-state index in [9.17, 15) is 13.2 Å². The van der Waals surface area contributed by atoms with Gasteiger partial charge in [0.2, 0.25) is 0 Å². The summed E-state index contributed by atoms with van der Waals surface area (Å²) in [5.74, 6) is -2.99. The van der Waals surface area contributed by atoms with Crippen molar-refractivity contribution in [3.05, 3.63) is 64.5 Å². The fourth-order valence-electron chi connectivity index (χ4n) is 2.51. The normalized spacial score (nSPS) is 18.2. The molecule has 0 aliphatic carbocycles. The lowest BCUT2D eigenvalue weighted by Crippen LogP contribution is -2.05. The predicted octanol–water partition coefficient (Wildman–Crippen LogP) is 4.91. The molecule has 5 heteroatoms. The summed E-state index contributed by atoms with van der Waals surface area (Å²) in [4.78, 5) is -0.414. The van der Waals surface area contributed by atoms with E-state index < -0.39 is 22.3 Å². The van der Waals surface area contributed by atoms with Crippen LogP contribution in [0.2, 0.25) is 0 Å². The number of rotatable bonds is 2. The molecule has 0 bridgehead atoms. The van der Waals surface area contributed by atoms with E-state index in [-0.39, 0.29) is 6.10 Å². The third-order valence-electron chi connectivity index (χ3n) is 3.51. The Kier molecular flexibility index (Phi) is 3.69. The van der Waals surface area contributed by atoms with E-state index >= 15 is 0 Å². The van der Waals surface area contributed by atoms with Crippen LogP contribution in [0, 0.1) is 17.5 Å². The molecule has 1 aliphatic heterocycles. The highest BCUT2D eigenvalue weighted by molar-refractivity contribution is 9.09. The molecule has 0 saturated carbocycles. The van der Waals surface area contributed by atoms with Gasteiger partial charge in [-0.1, -0.05) is 28.1 Å². The van der Waals surface area contributed by atoms with Crippen LogP contribution in [0.4, 0.5) is 13.2 Å². The molecule has 2 aromatic carbocycles. The molecule has 1 aliphatic rings. The van der Waals surface area contributed by atoms with Gasteiger partial charge >= 0.3 is 0 Å². The summed E-state index contributed by atoms with van der Waals surface area (Å²) >= 11 is 3.41. The first-order chi connectivity index (χ1) is 9.95. The molecule has 0 N–H and O–H groups in total. The van der Waals surface area contributed by atoms with E-state index in [1.807, 2.05) is 25.1 Å². The lowest BCUT2D eigenvalue weighted by molar-refractivity contribution is 0.254. The molecule has 0 radical (unpaired) electrons. The lowest BCUT2D eigenvalue weighted by Gasteiger charge is -2.12. The van der Waals surface area contributed by atoms with Crippen LogP contribution in [0.25, 0.3) is 0 Å². The summed E-state index contributed by atoms with van der Waals surface area (Å²) in [5, 5.41) is 0. The Morgan fingerprint density at radius 2 is 1.76 bits per heavy atom. The summed E-state index contributed by atoms with van der Waals surface area (Å²) < 4.78 is 45.3. The van der Waals surface area contributed by atoms with E-state index in [1.165, 1.54) is 0 Å². The minimum Gasteiger partial charge on any atom is -0.490 e. The van der Waals surface area contributed by atoms with Gasteiger partial charge in [-0.15, -0.1) is 0 Å². The van der Waals surface area contributed by atoms with Gasteiger partial charge in [0.15, 0.2) is 17.5 Å². The Hall–Kier alpha value is -1.49. The second-order valence-electron chi connectivity index (χ2n) is 5.16. The predicted molar refractivity (Wildman–Crippen MR) is 77.3 cm³/mol. The van der Waals surface area contributed by atoms with Crippen LogP contribution < -0.4 is 4.74 Å². The zero-order chi connectivity index (χ0) is 15.1. The van der Waals surface area contributed by atoms with Crippen molar-refractivity contribution in [2.75, 3.05) is 0 Å². The monoisotopic (exact) mass is 356 g/mol. The first-order valence-electron chi connectivity index (χ1n) is 6.53. The van der Waals surface area contributed by atoms with Crippen LogP contribution in [0.5, 0.6) is 5.75 Å². The van der Waals surface area contributed by atoms with Gasteiger partial charge in [-0.25, -0.2) is 13.2 Å². The quantitative estimate of drug-likeness (QED) is 0.548. The number of hydrogen-bond donors (Lipinski definition) is 0. The lowest BCUT2D eigenvalue weighted by atomic mass is 10.0. The fraction of sp³-hybridized carbons (Fsp3) is 0.250. The Balaban J connectivity index is 1.96. The van der Waals surface area contributed by atoms with Crippen molar-refractivity contribution in [3.63, 3.8) is 0 Å². The maximum absolute atomic E-state index is 13.3. The van der Waals surface area contributed by atoms with Gasteiger partial charge < -0.3 is 4.74 Å². The van der Waals surface area contributed by atoms with Crippen LogP contribution in [0.15, 0.2) is 30.3 Å². The molecule has 0 saturated heterocycles. The van der Waals surface area contributed by atoms with Crippen molar-refractivity contribution in [2.24, 2.45) is 0 Å². The second-order valence-corrected chi connectivity index (χ2v) is 6.08. The Morgan fingerprint density at radius 1 is 1.10 bits per heavy atom. The highest BCUT2D eigenvalue weighted by Crippen LogP contribution is 2.37. The van der Waals surface area contributed by atoms with Crippen LogP contribution >= 0.6 is 15.9 Å². The molecule has 2 aromatic rings. The first kappa shape index (κ1) is 14.4. The van der Waals surface area contributed by atoms with Crippen molar-refractivity contribution in [1.82, 2.24) is 0 Å². The summed E-state index contributed by atoms with van der Waals surface area (Å²) in [7, 11) is 0. The third kappa shape index (κ3) is 2.67. The molecule has 3 rings (SSSR count). The minimum atomic E-state index is -1.45. The van der Waals surface area contributed by atoms with Gasteiger partial charge in [-0.05, 0) is 41.8 Å². The Labute approximate surface area is 128 Å². The van der Waals surface area contributed by atoms with E-state index in [2.05, 4.69) is 15.9 Å². The standard InChI is InChI=1S/C16H12BrF3O/c1-8-4-10-5-9(2-3-14(10)21-8)15(17)11-6-12(18)16(20)13(19)7-11/h2-3,5-8,15H,4H2,1H3. The van der Waals surface area contributed by atoms with Crippen molar-refractivity contribution in [2.45, 2.75) is 24.3 Å². The number of hydrogen-bond acceptors (Lipinski definition) is 1. The number of alkyl halides is 1. The number of ether oxygens (including phenoxy) is 1. The van der Waals surface area contributed by atoms with Crippen LogP contribution in [0.3, 0.4) is 0 Å². The molecule has 21 heavy (non-hydrogen) atoms. The molecule has 0 spiro atoms. The molecule has 1 nitrogen and oxygen atoms in total. The Bertz CT molecular complexity index is 679. The molecule has 0 amide bonds. The molecular weight excluding hydrogens is 345 g/mol. The fourth-order valence-corrected chi connectivity index (χ4v) is 3.06. The molecule has 110 valence electrons. The van der Waals surface area contributed by atoms with Crippen LogP contribution in [-0.2, 0) is 6.42 Å². The van der Waals surface area contributed by atoms with E-state index in [4.69, 9.17) is 4.74 Å². The van der Waals surface area contributed by atoms with Gasteiger partial charge in [0.1, 0.15) is 11.9 Å². The van der Waals surface area contributed by atoms with Gasteiger partial charge in [-0.3, -0.25) is 0 Å². The second kappa shape index (κ2) is 5.37. The van der Waals surface area contributed by atoms with Gasteiger partial charge in [0.25, 0.3) is 0 Å². The third-order valence-corrected chi connectivity index (χ3v) is 4.57. The van der Waals surface area contributed by atoms with Gasteiger partial charge in [0.05, 0.1) is 4.83 Å². The molecule has 0 fully saturated rings. The zero-order valence-corrected chi connectivity index (χ0v) is 12.8. The first-order valence-corrected chi connectivity index (χ1v) is 7.45. The average molecular weight is 357 g/mol. The largest absolute Gasteiger partial charge is 0.490 e. The van der Waals surface area contributed by atoms with E-state index in [1.54, 1.807) is 0 Å². The zero-order valence-electron chi connectivity index (χ0n) is 11.2. The molecule has 0 aromatic heterocycles. The number of fused-ring (bicyclic) bond motifs is 1. The number of benzene rings is 2. The van der Waals surface area contributed by atoms with Crippen molar-refractivity contribution >= 4 is 15.9 Å². The van der Waals surface area contributed by atoms with Crippen molar-refractivity contribution in [1.29, 1.82) is 0 Å². The topological polar surface area (TPSA) is 9.23 Å². The number of halogens is 4. The summed E-state index contributed by atoms with van der Waals surface area (Å²) in [6.07, 6.45) is 0.930. The SMILES string of the molecule is CC1Cc2cc(C(Br)c3cc(F)c(F)c(F)c3)ccc2O1. The van der Waals surface area contributed by atoms with Gasteiger partial charge in [-0.2, -0.15) is 0 Å². The van der Waals surface area contributed by atoms with Crippen LogP contribution in [0.1, 0.15) is 28.4 Å². The minimum absolute atomic E-state index is 0.129. The van der Waals surface area contributed by atoms with E-state index in [0.717, 1.165) is 35.4 Å². The summed E-state index contributed by atoms with van der Waals surface area (Å²) in [6.45, 7) is 1.98. The Morgan fingerprint density at radius 3 is 2.43 bits per heavy atom. The van der Waals surface area contributed by atoms with Crippen molar-refractivity contribution in [3.8, 4) is 5.75 Å². The van der Waals surface area contributed by atoms with E-state index in [0.29, 0.717) is 5.56 Å². The molecule has 2 atom stereocenters. The summed E-state index contributed by atoms with van der Waals surface area (Å²) in [5.41, 5.74) is 2.24. The highest BCUT2D eigenvalue weighted by Gasteiger charge is 2.22.